The smallest absolute Gasteiger partial charge is 0.242 e. The van der Waals surface area contributed by atoms with E-state index in [2.05, 4.69) is 26.1 Å². The van der Waals surface area contributed by atoms with Crippen molar-refractivity contribution in [1.82, 2.24) is 9.62 Å². The molecule has 0 fully saturated rings. The molecule has 19 heavy (non-hydrogen) atoms. The predicted octanol–water partition coefficient (Wildman–Crippen LogP) is 2.39. The molecule has 2 atom stereocenters. The standard InChI is InChI=1S/C14H24N2O2S/c1-6-11(2)15-12(3)13-7-9-14(10-8-13)19(17,18)16(4)5/h7-12,15H,6H2,1-5H3. The summed E-state index contributed by atoms with van der Waals surface area (Å²) in [6, 6.07) is 7.73. The van der Waals surface area contributed by atoms with Crippen LogP contribution in [0.5, 0.6) is 0 Å². The minimum atomic E-state index is -3.33. The lowest BCUT2D eigenvalue weighted by Gasteiger charge is -2.19. The largest absolute Gasteiger partial charge is 0.308 e. The van der Waals surface area contributed by atoms with Gasteiger partial charge in [-0.2, -0.15) is 0 Å². The summed E-state index contributed by atoms with van der Waals surface area (Å²) in [6.45, 7) is 6.36. The van der Waals surface area contributed by atoms with Crippen LogP contribution in [0.25, 0.3) is 0 Å². The highest BCUT2D eigenvalue weighted by molar-refractivity contribution is 7.89. The van der Waals surface area contributed by atoms with Gasteiger partial charge in [0.2, 0.25) is 10.0 Å². The minimum Gasteiger partial charge on any atom is -0.308 e. The Balaban J connectivity index is 2.88. The van der Waals surface area contributed by atoms with Crippen LogP contribution in [0.2, 0.25) is 0 Å². The van der Waals surface area contributed by atoms with Gasteiger partial charge in [0.05, 0.1) is 4.90 Å². The highest BCUT2D eigenvalue weighted by Crippen LogP contribution is 2.18. The van der Waals surface area contributed by atoms with Gasteiger partial charge in [0.25, 0.3) is 0 Å². The van der Waals surface area contributed by atoms with Gasteiger partial charge in [0.15, 0.2) is 0 Å². The lowest BCUT2D eigenvalue weighted by atomic mass is 10.1. The monoisotopic (exact) mass is 284 g/mol. The van der Waals surface area contributed by atoms with E-state index in [1.807, 2.05) is 12.1 Å². The van der Waals surface area contributed by atoms with Crippen molar-refractivity contribution < 1.29 is 8.42 Å². The molecular weight excluding hydrogens is 260 g/mol. The molecule has 5 heteroatoms. The number of nitrogens with one attached hydrogen (secondary N) is 1. The number of rotatable bonds is 6. The first-order chi connectivity index (χ1) is 8.78. The zero-order valence-electron chi connectivity index (χ0n) is 12.3. The molecule has 4 nitrogen and oxygen atoms in total. The summed E-state index contributed by atoms with van der Waals surface area (Å²) in [7, 11) is -0.258. The maximum absolute atomic E-state index is 11.9. The second-order valence-electron chi connectivity index (χ2n) is 5.05. The SMILES string of the molecule is CCC(C)NC(C)c1ccc(S(=O)(=O)N(C)C)cc1. The molecule has 0 spiro atoms. The highest BCUT2D eigenvalue weighted by atomic mass is 32.2. The van der Waals surface area contributed by atoms with Crippen LogP contribution in [0.1, 0.15) is 38.8 Å². The normalized spacial score (nSPS) is 15.5. The molecule has 0 amide bonds. The summed E-state index contributed by atoms with van der Waals surface area (Å²) in [6.07, 6.45) is 1.07. The first-order valence-electron chi connectivity index (χ1n) is 6.57. The van der Waals surface area contributed by atoms with Crippen molar-refractivity contribution >= 4 is 10.0 Å². The Morgan fingerprint density at radius 2 is 1.68 bits per heavy atom. The predicted molar refractivity (Wildman–Crippen MR) is 78.6 cm³/mol. The minimum absolute atomic E-state index is 0.214. The molecule has 108 valence electrons. The third kappa shape index (κ3) is 4.03. The third-order valence-corrected chi connectivity index (χ3v) is 5.13. The van der Waals surface area contributed by atoms with Gasteiger partial charge in [-0.3, -0.25) is 0 Å². The maximum Gasteiger partial charge on any atom is 0.242 e. The number of nitrogens with zero attached hydrogens (tertiary/aromatic N) is 1. The number of benzene rings is 1. The fourth-order valence-corrected chi connectivity index (χ4v) is 2.68. The van der Waals surface area contributed by atoms with Crippen molar-refractivity contribution in [3.05, 3.63) is 29.8 Å². The molecule has 1 rings (SSSR count). The summed E-state index contributed by atoms with van der Waals surface area (Å²) < 4.78 is 25.1. The van der Waals surface area contributed by atoms with Gasteiger partial charge in [-0.25, -0.2) is 12.7 Å². The average Bonchev–Trinajstić information content (AvgIpc) is 2.38. The second-order valence-corrected chi connectivity index (χ2v) is 7.21. The Morgan fingerprint density at radius 1 is 1.16 bits per heavy atom. The zero-order chi connectivity index (χ0) is 14.6. The molecule has 1 aromatic rings. The number of hydrogen-bond acceptors (Lipinski definition) is 3. The van der Waals surface area contributed by atoms with Crippen LogP contribution >= 0.6 is 0 Å². The molecular formula is C14H24N2O2S. The average molecular weight is 284 g/mol. The molecule has 1 N–H and O–H groups in total. The van der Waals surface area contributed by atoms with E-state index in [9.17, 15) is 8.42 Å². The summed E-state index contributed by atoms with van der Waals surface area (Å²) in [5.74, 6) is 0. The summed E-state index contributed by atoms with van der Waals surface area (Å²) in [5.41, 5.74) is 1.10. The van der Waals surface area contributed by atoms with Crippen LogP contribution in [0.4, 0.5) is 0 Å². The Bertz CT molecular complexity index is 495. The van der Waals surface area contributed by atoms with Gasteiger partial charge >= 0.3 is 0 Å². The van der Waals surface area contributed by atoms with E-state index in [4.69, 9.17) is 0 Å². The quantitative estimate of drug-likeness (QED) is 0.872. The van der Waals surface area contributed by atoms with Crippen LogP contribution in [-0.2, 0) is 10.0 Å². The van der Waals surface area contributed by atoms with Crippen molar-refractivity contribution in [2.24, 2.45) is 0 Å². The van der Waals surface area contributed by atoms with E-state index in [0.717, 1.165) is 12.0 Å². The summed E-state index contributed by atoms with van der Waals surface area (Å²) >= 11 is 0. The molecule has 1 aromatic carbocycles. The van der Waals surface area contributed by atoms with E-state index in [0.29, 0.717) is 10.9 Å². The highest BCUT2D eigenvalue weighted by Gasteiger charge is 2.17. The van der Waals surface area contributed by atoms with Gasteiger partial charge in [-0.05, 0) is 38.0 Å². The number of hydrogen-bond donors (Lipinski definition) is 1. The van der Waals surface area contributed by atoms with Crippen molar-refractivity contribution in [1.29, 1.82) is 0 Å². The molecule has 2 unspecified atom stereocenters. The van der Waals surface area contributed by atoms with Gasteiger partial charge in [0, 0.05) is 26.2 Å². The van der Waals surface area contributed by atoms with Crippen LogP contribution in [0, 0.1) is 0 Å². The van der Waals surface area contributed by atoms with Gasteiger partial charge in [0.1, 0.15) is 0 Å². The van der Waals surface area contributed by atoms with E-state index in [1.54, 1.807) is 12.1 Å². The van der Waals surface area contributed by atoms with Crippen molar-refractivity contribution in [2.75, 3.05) is 14.1 Å². The lowest BCUT2D eigenvalue weighted by Crippen LogP contribution is -2.28. The summed E-state index contributed by atoms with van der Waals surface area (Å²) in [5, 5.41) is 3.47. The molecule has 0 aliphatic carbocycles. The topological polar surface area (TPSA) is 49.4 Å². The first-order valence-corrected chi connectivity index (χ1v) is 8.01. The first kappa shape index (κ1) is 16.1. The molecule has 0 heterocycles. The third-order valence-electron chi connectivity index (χ3n) is 3.31. The van der Waals surface area contributed by atoms with Crippen LogP contribution < -0.4 is 5.32 Å². The van der Waals surface area contributed by atoms with Gasteiger partial charge in [-0.15, -0.1) is 0 Å². The molecule has 0 aliphatic heterocycles. The van der Waals surface area contributed by atoms with Gasteiger partial charge in [-0.1, -0.05) is 19.1 Å². The van der Waals surface area contributed by atoms with Gasteiger partial charge < -0.3 is 5.32 Å². The molecule has 0 saturated carbocycles. The fraction of sp³-hybridized carbons (Fsp3) is 0.571. The summed E-state index contributed by atoms with van der Waals surface area (Å²) in [4.78, 5) is 0.331. The zero-order valence-corrected chi connectivity index (χ0v) is 13.2. The van der Waals surface area contributed by atoms with Crippen molar-refractivity contribution in [3.8, 4) is 0 Å². The Labute approximate surface area is 116 Å². The fourth-order valence-electron chi connectivity index (χ4n) is 1.78. The molecule has 0 radical (unpaired) electrons. The Morgan fingerprint density at radius 3 is 2.11 bits per heavy atom. The van der Waals surface area contributed by atoms with Crippen LogP contribution in [0.3, 0.4) is 0 Å². The molecule has 0 aliphatic rings. The number of sulfonamides is 1. The van der Waals surface area contributed by atoms with Crippen molar-refractivity contribution in [2.45, 2.75) is 44.2 Å². The second kappa shape index (κ2) is 6.50. The van der Waals surface area contributed by atoms with E-state index >= 15 is 0 Å². The lowest BCUT2D eigenvalue weighted by molar-refractivity contribution is 0.469. The maximum atomic E-state index is 11.9. The van der Waals surface area contributed by atoms with E-state index in [1.165, 1.54) is 18.4 Å². The van der Waals surface area contributed by atoms with E-state index < -0.39 is 10.0 Å². The molecule has 0 bridgehead atoms. The van der Waals surface area contributed by atoms with Crippen LogP contribution in [0.15, 0.2) is 29.2 Å². The Hall–Kier alpha value is -0.910. The Kier molecular flexibility index (Phi) is 5.52. The van der Waals surface area contributed by atoms with E-state index in [-0.39, 0.29) is 6.04 Å². The van der Waals surface area contributed by atoms with Crippen molar-refractivity contribution in [3.63, 3.8) is 0 Å². The van der Waals surface area contributed by atoms with Crippen LogP contribution in [-0.4, -0.2) is 32.9 Å². The molecule has 0 aromatic heterocycles. The molecule has 0 saturated heterocycles.